The van der Waals surface area contributed by atoms with Crippen LogP contribution in [0.3, 0.4) is 0 Å². The third kappa shape index (κ3) is 5.76. The van der Waals surface area contributed by atoms with Gasteiger partial charge in [-0.25, -0.2) is 0 Å². The quantitative estimate of drug-likeness (QED) is 0.283. The number of benzene rings is 1. The number of hydrogen-bond donors (Lipinski definition) is 1. The summed E-state index contributed by atoms with van der Waals surface area (Å²) in [4.78, 5) is 4.74. The molecule has 0 bridgehead atoms. The molecule has 2 rings (SSSR count). The molecule has 0 aliphatic rings. The van der Waals surface area contributed by atoms with Gasteiger partial charge in [-0.15, -0.1) is 23.2 Å². The number of alkyl halides is 2. The predicted octanol–water partition coefficient (Wildman–Crippen LogP) is 4.39. The molecular formula is C18H24Cl3N3O2. The molecule has 8 heteroatoms. The number of hydroxylamine groups is 3. The number of fused-ring (bicyclic) bond motifs is 1. The summed E-state index contributed by atoms with van der Waals surface area (Å²) in [6.07, 6.45) is 3.08. The van der Waals surface area contributed by atoms with Crippen molar-refractivity contribution in [3.8, 4) is 0 Å². The molecule has 0 saturated carbocycles. The Balaban J connectivity index is 2.10. The smallest absolute Gasteiger partial charge is 0.0921 e. The second-order valence-corrected chi connectivity index (χ2v) is 7.63. The lowest BCUT2D eigenvalue weighted by atomic mass is 10.1. The summed E-state index contributed by atoms with van der Waals surface area (Å²) >= 11 is 17.5. The van der Waals surface area contributed by atoms with Crippen LogP contribution in [-0.2, 0) is 0 Å². The van der Waals surface area contributed by atoms with Gasteiger partial charge in [0.2, 0.25) is 0 Å². The van der Waals surface area contributed by atoms with E-state index in [0.29, 0.717) is 41.9 Å². The highest BCUT2D eigenvalue weighted by Gasteiger charge is 2.15. The summed E-state index contributed by atoms with van der Waals surface area (Å²) < 4.78 is 0.684. The van der Waals surface area contributed by atoms with Gasteiger partial charge in [0.15, 0.2) is 0 Å². The Morgan fingerprint density at radius 2 is 1.88 bits per heavy atom. The van der Waals surface area contributed by atoms with Crippen molar-refractivity contribution in [1.82, 2.24) is 4.73 Å². The standard InChI is InChI=1S/C18H24Cl3N3O2/c1-14(3-2-10-24(26,11-7-19)12-8-20)22-17-6-9-23(25)18-13-15(21)4-5-16(17)18/h4-6,9,13-14,25H,2-3,7-8,10-12H2,1H3. The van der Waals surface area contributed by atoms with Gasteiger partial charge in [-0.1, -0.05) is 11.6 Å². The predicted molar refractivity (Wildman–Crippen MR) is 108 cm³/mol. The molecule has 5 nitrogen and oxygen atoms in total. The van der Waals surface area contributed by atoms with Crippen LogP contribution < -0.4 is 5.36 Å². The van der Waals surface area contributed by atoms with Gasteiger partial charge in [0.1, 0.15) is 0 Å². The molecule has 0 amide bonds. The zero-order chi connectivity index (χ0) is 19.2. The summed E-state index contributed by atoms with van der Waals surface area (Å²) in [5.74, 6) is 0.667. The van der Waals surface area contributed by atoms with Crippen molar-refractivity contribution in [3.05, 3.63) is 46.0 Å². The Morgan fingerprint density at radius 1 is 1.19 bits per heavy atom. The maximum absolute atomic E-state index is 12.6. The van der Waals surface area contributed by atoms with Crippen LogP contribution in [0.1, 0.15) is 19.8 Å². The van der Waals surface area contributed by atoms with Crippen molar-refractivity contribution in [3.63, 3.8) is 0 Å². The zero-order valence-electron chi connectivity index (χ0n) is 14.7. The Bertz CT molecular complexity index is 789. The summed E-state index contributed by atoms with van der Waals surface area (Å²) in [5, 5.41) is 24.7. The van der Waals surface area contributed by atoms with Gasteiger partial charge in [0.05, 0.1) is 42.3 Å². The fourth-order valence-electron chi connectivity index (χ4n) is 2.96. The second-order valence-electron chi connectivity index (χ2n) is 6.43. The molecule has 0 radical (unpaired) electrons. The molecule has 0 aliphatic heterocycles. The first-order valence-electron chi connectivity index (χ1n) is 8.61. The molecule has 0 spiro atoms. The molecule has 1 N–H and O–H groups in total. The van der Waals surface area contributed by atoms with E-state index in [9.17, 15) is 10.4 Å². The van der Waals surface area contributed by atoms with Gasteiger partial charge in [-0.3, -0.25) is 4.99 Å². The lowest BCUT2D eigenvalue weighted by Gasteiger charge is -2.42. The van der Waals surface area contributed by atoms with Crippen LogP contribution >= 0.6 is 34.8 Å². The number of nitrogens with zero attached hydrogens (tertiary/aromatic N) is 3. The van der Waals surface area contributed by atoms with Gasteiger partial charge in [0.25, 0.3) is 0 Å². The molecule has 1 heterocycles. The SMILES string of the molecule is CC(CCC[N+]([O-])(CCCl)CCCl)N=c1ccn(O)c2cc(Cl)ccc12. The summed E-state index contributed by atoms with van der Waals surface area (Å²) in [7, 11) is 0. The van der Waals surface area contributed by atoms with Gasteiger partial charge in [0, 0.05) is 22.6 Å². The van der Waals surface area contributed by atoms with Crippen LogP contribution in [0.25, 0.3) is 10.9 Å². The van der Waals surface area contributed by atoms with Crippen molar-refractivity contribution in [2.45, 2.75) is 25.8 Å². The van der Waals surface area contributed by atoms with E-state index in [1.165, 1.54) is 0 Å². The van der Waals surface area contributed by atoms with Crippen molar-refractivity contribution in [2.75, 3.05) is 31.4 Å². The van der Waals surface area contributed by atoms with Crippen molar-refractivity contribution in [2.24, 2.45) is 4.99 Å². The van der Waals surface area contributed by atoms with E-state index in [4.69, 9.17) is 39.8 Å². The summed E-state index contributed by atoms with van der Waals surface area (Å²) in [5.41, 5.74) is 0.602. The molecule has 144 valence electrons. The minimum absolute atomic E-state index is 0.0453. The first kappa shape index (κ1) is 21.3. The van der Waals surface area contributed by atoms with E-state index in [0.717, 1.165) is 28.3 Å². The Hall–Kier alpha value is -0.980. The maximum atomic E-state index is 12.6. The molecule has 0 saturated heterocycles. The molecule has 1 aromatic carbocycles. The lowest BCUT2D eigenvalue weighted by molar-refractivity contribution is -0.876. The van der Waals surface area contributed by atoms with E-state index in [2.05, 4.69) is 0 Å². The summed E-state index contributed by atoms with van der Waals surface area (Å²) in [6.45, 7) is 3.26. The Kier molecular flexibility index (Phi) is 8.05. The van der Waals surface area contributed by atoms with Crippen molar-refractivity contribution in [1.29, 1.82) is 0 Å². The Labute approximate surface area is 168 Å². The number of hydrogen-bond acceptors (Lipinski definition) is 3. The minimum atomic E-state index is -0.350. The summed E-state index contributed by atoms with van der Waals surface area (Å²) in [6, 6.07) is 7.12. The highest BCUT2D eigenvalue weighted by Crippen LogP contribution is 2.16. The zero-order valence-corrected chi connectivity index (χ0v) is 17.0. The third-order valence-electron chi connectivity index (χ3n) is 4.39. The average Bonchev–Trinajstić information content (AvgIpc) is 2.58. The van der Waals surface area contributed by atoms with Crippen LogP contribution in [0.4, 0.5) is 0 Å². The Morgan fingerprint density at radius 3 is 2.54 bits per heavy atom. The molecule has 2 aromatic rings. The van der Waals surface area contributed by atoms with E-state index in [1.54, 1.807) is 24.4 Å². The van der Waals surface area contributed by atoms with Crippen molar-refractivity contribution < 1.29 is 9.85 Å². The average molecular weight is 421 g/mol. The number of halogens is 3. The molecule has 0 fully saturated rings. The first-order chi connectivity index (χ1) is 12.4. The van der Waals surface area contributed by atoms with Crippen LogP contribution in [0, 0.1) is 5.21 Å². The molecule has 1 atom stereocenters. The molecule has 26 heavy (non-hydrogen) atoms. The fourth-order valence-corrected chi connectivity index (χ4v) is 3.74. The van der Waals surface area contributed by atoms with E-state index in [1.807, 2.05) is 13.0 Å². The van der Waals surface area contributed by atoms with Gasteiger partial charge < -0.3 is 15.1 Å². The second kappa shape index (κ2) is 9.81. The van der Waals surface area contributed by atoms with Gasteiger partial charge in [-0.2, -0.15) is 4.73 Å². The first-order valence-corrected chi connectivity index (χ1v) is 10.1. The molecule has 1 aromatic heterocycles. The maximum Gasteiger partial charge on any atom is 0.0921 e. The number of aromatic nitrogens is 1. The van der Waals surface area contributed by atoms with E-state index in [-0.39, 0.29) is 10.7 Å². The van der Waals surface area contributed by atoms with Crippen LogP contribution in [0.2, 0.25) is 5.02 Å². The van der Waals surface area contributed by atoms with E-state index >= 15 is 0 Å². The molecule has 1 unspecified atom stereocenters. The fraction of sp³-hybridized carbons (Fsp3) is 0.500. The van der Waals surface area contributed by atoms with Crippen molar-refractivity contribution >= 4 is 45.7 Å². The molecular weight excluding hydrogens is 397 g/mol. The largest absolute Gasteiger partial charge is 0.633 e. The van der Waals surface area contributed by atoms with Gasteiger partial charge >= 0.3 is 0 Å². The topological polar surface area (TPSA) is 60.6 Å². The highest BCUT2D eigenvalue weighted by atomic mass is 35.5. The van der Waals surface area contributed by atoms with Crippen LogP contribution in [-0.4, -0.2) is 52.0 Å². The van der Waals surface area contributed by atoms with E-state index < -0.39 is 0 Å². The number of quaternary nitrogens is 1. The van der Waals surface area contributed by atoms with Gasteiger partial charge in [-0.05, 0) is 44.0 Å². The monoisotopic (exact) mass is 419 g/mol. The third-order valence-corrected chi connectivity index (χ3v) is 4.96. The molecule has 0 aliphatic carbocycles. The normalized spacial score (nSPS) is 14.1. The minimum Gasteiger partial charge on any atom is -0.633 e. The highest BCUT2D eigenvalue weighted by molar-refractivity contribution is 6.31. The lowest BCUT2D eigenvalue weighted by Crippen LogP contribution is -2.46. The number of pyridine rings is 1. The van der Waals surface area contributed by atoms with Crippen LogP contribution in [0.15, 0.2) is 35.5 Å². The number of rotatable bonds is 9. The van der Waals surface area contributed by atoms with Crippen LogP contribution in [0.5, 0.6) is 0 Å².